The number of carbonyl (C=O) groups is 2. The van der Waals surface area contributed by atoms with Crippen LogP contribution in [0.2, 0.25) is 0 Å². The molecule has 2 aromatic rings. The second-order valence-electron chi connectivity index (χ2n) is 7.01. The van der Waals surface area contributed by atoms with Crippen molar-refractivity contribution >= 4 is 23.6 Å². The highest BCUT2D eigenvalue weighted by atomic mass is 32.2. The van der Waals surface area contributed by atoms with Crippen LogP contribution in [0.25, 0.3) is 0 Å². The maximum absolute atomic E-state index is 12.6. The molecule has 0 saturated carbocycles. The lowest BCUT2D eigenvalue weighted by Gasteiger charge is -2.27. The van der Waals surface area contributed by atoms with Crippen molar-refractivity contribution in [2.24, 2.45) is 0 Å². The Balaban J connectivity index is 1.43. The topological polar surface area (TPSA) is 49.9 Å². The summed E-state index contributed by atoms with van der Waals surface area (Å²) in [5.41, 5.74) is 3.00. The monoisotopic (exact) mass is 396 g/mol. The van der Waals surface area contributed by atoms with Crippen LogP contribution in [0.1, 0.15) is 26.9 Å². The van der Waals surface area contributed by atoms with E-state index in [1.54, 1.807) is 11.8 Å². The number of hydrogen-bond donors (Lipinski definition) is 0. The number of morpholine rings is 1. The first-order valence-corrected chi connectivity index (χ1v) is 10.7. The molecule has 5 nitrogen and oxygen atoms in total. The van der Waals surface area contributed by atoms with Gasteiger partial charge in [0.1, 0.15) is 5.37 Å². The van der Waals surface area contributed by atoms with E-state index in [1.807, 2.05) is 52.3 Å². The third-order valence-electron chi connectivity index (χ3n) is 5.19. The fourth-order valence-corrected chi connectivity index (χ4v) is 4.82. The lowest BCUT2D eigenvalue weighted by Crippen LogP contribution is -2.40. The molecule has 0 aliphatic carbocycles. The highest BCUT2D eigenvalue weighted by molar-refractivity contribution is 8.00. The summed E-state index contributed by atoms with van der Waals surface area (Å²) in [7, 11) is 0. The van der Waals surface area contributed by atoms with Crippen molar-refractivity contribution in [2.45, 2.75) is 11.8 Å². The van der Waals surface area contributed by atoms with Crippen molar-refractivity contribution in [3.05, 3.63) is 71.3 Å². The Morgan fingerprint density at radius 2 is 1.75 bits per heavy atom. The fourth-order valence-electron chi connectivity index (χ4n) is 3.61. The number of rotatable bonds is 5. The Kier molecular flexibility index (Phi) is 5.98. The zero-order valence-electron chi connectivity index (χ0n) is 15.8. The molecule has 0 N–H and O–H groups in total. The molecule has 6 heteroatoms. The molecule has 28 heavy (non-hydrogen) atoms. The Labute approximate surface area is 169 Å². The molecule has 2 heterocycles. The van der Waals surface area contributed by atoms with Gasteiger partial charge in [-0.2, -0.15) is 0 Å². The highest BCUT2D eigenvalue weighted by Crippen LogP contribution is 2.38. The molecule has 2 aromatic carbocycles. The van der Waals surface area contributed by atoms with Gasteiger partial charge in [0.05, 0.1) is 19.0 Å². The summed E-state index contributed by atoms with van der Waals surface area (Å²) in [4.78, 5) is 28.8. The Hall–Kier alpha value is -2.31. The molecular formula is C22H24N2O3S. The second-order valence-corrected chi connectivity index (χ2v) is 8.08. The summed E-state index contributed by atoms with van der Waals surface area (Å²) in [5, 5.41) is 0.0174. The summed E-state index contributed by atoms with van der Waals surface area (Å²) in [6, 6.07) is 18.0. The van der Waals surface area contributed by atoms with Crippen molar-refractivity contribution in [1.29, 1.82) is 0 Å². The van der Waals surface area contributed by atoms with Gasteiger partial charge in [-0.05, 0) is 29.7 Å². The van der Waals surface area contributed by atoms with E-state index in [1.165, 1.54) is 5.56 Å². The van der Waals surface area contributed by atoms with Gasteiger partial charge in [0.25, 0.3) is 5.91 Å². The first-order valence-electron chi connectivity index (χ1n) is 9.64. The minimum Gasteiger partial charge on any atom is -0.378 e. The van der Waals surface area contributed by atoms with Crippen LogP contribution in [0.5, 0.6) is 0 Å². The van der Waals surface area contributed by atoms with Crippen molar-refractivity contribution in [3.63, 3.8) is 0 Å². The smallest absolute Gasteiger partial charge is 0.254 e. The first kappa shape index (κ1) is 19.0. The Morgan fingerprint density at radius 1 is 1.04 bits per heavy atom. The van der Waals surface area contributed by atoms with Gasteiger partial charge in [-0.25, -0.2) is 0 Å². The zero-order valence-corrected chi connectivity index (χ0v) is 16.6. The van der Waals surface area contributed by atoms with Crippen molar-refractivity contribution < 1.29 is 14.3 Å². The van der Waals surface area contributed by atoms with Gasteiger partial charge in [0, 0.05) is 25.2 Å². The normalized spacial score (nSPS) is 19.9. The number of hydrogen-bond acceptors (Lipinski definition) is 4. The minimum atomic E-state index is 0.0174. The molecule has 2 aliphatic heterocycles. The van der Waals surface area contributed by atoms with Gasteiger partial charge < -0.3 is 14.5 Å². The van der Waals surface area contributed by atoms with Crippen LogP contribution in [0.3, 0.4) is 0 Å². The molecule has 2 aliphatic rings. The highest BCUT2D eigenvalue weighted by Gasteiger charge is 2.32. The van der Waals surface area contributed by atoms with Crippen LogP contribution in [0.4, 0.5) is 0 Å². The molecule has 2 fully saturated rings. The van der Waals surface area contributed by atoms with E-state index in [-0.39, 0.29) is 17.2 Å². The maximum Gasteiger partial charge on any atom is 0.254 e. The molecule has 146 valence electrons. The van der Waals surface area contributed by atoms with Crippen LogP contribution in [0.15, 0.2) is 54.6 Å². The van der Waals surface area contributed by atoms with Gasteiger partial charge in [0.2, 0.25) is 5.91 Å². The van der Waals surface area contributed by atoms with Crippen LogP contribution in [0, 0.1) is 0 Å². The van der Waals surface area contributed by atoms with Gasteiger partial charge >= 0.3 is 0 Å². The van der Waals surface area contributed by atoms with E-state index in [0.29, 0.717) is 44.2 Å². The lowest BCUT2D eigenvalue weighted by atomic mass is 10.1. The van der Waals surface area contributed by atoms with Gasteiger partial charge in [-0.3, -0.25) is 9.59 Å². The van der Waals surface area contributed by atoms with E-state index in [0.717, 1.165) is 12.0 Å². The van der Waals surface area contributed by atoms with E-state index in [9.17, 15) is 9.59 Å². The van der Waals surface area contributed by atoms with E-state index in [4.69, 9.17) is 4.74 Å². The fraction of sp³-hybridized carbons (Fsp3) is 0.364. The Bertz CT molecular complexity index is 819. The number of nitrogens with zero attached hydrogens (tertiary/aromatic N) is 2. The molecule has 2 saturated heterocycles. The number of benzene rings is 2. The van der Waals surface area contributed by atoms with Gasteiger partial charge in [0.15, 0.2) is 0 Å². The molecular weight excluding hydrogens is 372 g/mol. The first-order chi connectivity index (χ1) is 13.7. The molecule has 1 atom stereocenters. The summed E-state index contributed by atoms with van der Waals surface area (Å²) < 4.78 is 5.32. The number of amides is 2. The molecule has 4 rings (SSSR count). The van der Waals surface area contributed by atoms with Crippen molar-refractivity contribution in [1.82, 2.24) is 9.80 Å². The SMILES string of the molecule is O=C(c1ccc([C@H]2SCC(=O)N2CCc2ccccc2)cc1)N1CCOCC1. The number of carbonyl (C=O) groups excluding carboxylic acids is 2. The summed E-state index contributed by atoms with van der Waals surface area (Å²) >= 11 is 1.65. The largest absolute Gasteiger partial charge is 0.378 e. The third-order valence-corrected chi connectivity index (χ3v) is 6.45. The number of thioether (sulfide) groups is 1. The molecule has 0 bridgehead atoms. The van der Waals surface area contributed by atoms with Crippen molar-refractivity contribution in [3.8, 4) is 0 Å². The van der Waals surface area contributed by atoms with Crippen LogP contribution in [-0.4, -0.2) is 60.2 Å². The van der Waals surface area contributed by atoms with Crippen LogP contribution >= 0.6 is 11.8 Å². The van der Waals surface area contributed by atoms with E-state index < -0.39 is 0 Å². The predicted octanol–water partition coefficient (Wildman–Crippen LogP) is 2.98. The second kappa shape index (κ2) is 8.80. The van der Waals surface area contributed by atoms with Gasteiger partial charge in [-0.1, -0.05) is 42.5 Å². The summed E-state index contributed by atoms with van der Waals surface area (Å²) in [5.74, 6) is 0.735. The predicted molar refractivity (Wildman–Crippen MR) is 110 cm³/mol. The average molecular weight is 397 g/mol. The molecule has 2 amide bonds. The van der Waals surface area contributed by atoms with Crippen LogP contribution < -0.4 is 0 Å². The molecule has 0 aromatic heterocycles. The lowest BCUT2D eigenvalue weighted by molar-refractivity contribution is -0.128. The van der Waals surface area contributed by atoms with E-state index >= 15 is 0 Å². The quantitative estimate of drug-likeness (QED) is 0.780. The maximum atomic E-state index is 12.6. The van der Waals surface area contributed by atoms with Crippen molar-refractivity contribution in [2.75, 3.05) is 38.6 Å². The van der Waals surface area contributed by atoms with E-state index in [2.05, 4.69) is 12.1 Å². The average Bonchev–Trinajstić information content (AvgIpc) is 3.13. The number of ether oxygens (including phenoxy) is 1. The van der Waals surface area contributed by atoms with Gasteiger partial charge in [-0.15, -0.1) is 11.8 Å². The zero-order chi connectivity index (χ0) is 19.3. The van der Waals surface area contributed by atoms with Crippen LogP contribution in [-0.2, 0) is 16.0 Å². The Morgan fingerprint density at radius 3 is 2.46 bits per heavy atom. The minimum absolute atomic E-state index is 0.0174. The standard InChI is InChI=1S/C22H24N2O3S/c25-20-16-28-22(24(20)11-10-17-4-2-1-3-5-17)19-8-6-18(7-9-19)21(26)23-12-14-27-15-13-23/h1-9,22H,10-16H2/t22-/m1/s1. The molecule has 0 unspecified atom stereocenters. The molecule has 0 radical (unpaired) electrons. The third kappa shape index (κ3) is 4.23. The summed E-state index contributed by atoms with van der Waals surface area (Å²) in [6.07, 6.45) is 0.844. The summed E-state index contributed by atoms with van der Waals surface area (Å²) in [6.45, 7) is 3.18. The molecule has 0 spiro atoms.